The van der Waals surface area contributed by atoms with Crippen LogP contribution in [0, 0.1) is 12.7 Å². The molecular formula is C10H11ClFNO. The first-order valence-corrected chi connectivity index (χ1v) is 4.68. The normalized spacial score (nSPS) is 10.0. The highest BCUT2D eigenvalue weighted by atomic mass is 35.5. The average molecular weight is 216 g/mol. The molecule has 0 aromatic heterocycles. The van der Waals surface area contributed by atoms with Crippen LogP contribution in [0.15, 0.2) is 18.2 Å². The van der Waals surface area contributed by atoms with Gasteiger partial charge in [0.15, 0.2) is 0 Å². The second-order valence-electron chi connectivity index (χ2n) is 3.02. The molecule has 1 rings (SSSR count). The maximum Gasteiger partial charge on any atom is 0.241 e. The van der Waals surface area contributed by atoms with Crippen LogP contribution in [0.2, 0.25) is 0 Å². The minimum absolute atomic E-state index is 0.0765. The summed E-state index contributed by atoms with van der Waals surface area (Å²) < 4.78 is 12.9. The number of benzene rings is 1. The number of rotatable bonds is 2. The zero-order chi connectivity index (χ0) is 10.7. The summed E-state index contributed by atoms with van der Waals surface area (Å²) in [6.07, 6.45) is 0. The lowest BCUT2D eigenvalue weighted by Crippen LogP contribution is -2.27. The second kappa shape index (κ2) is 4.42. The van der Waals surface area contributed by atoms with Crippen molar-refractivity contribution in [3.8, 4) is 0 Å². The smallest absolute Gasteiger partial charge is 0.241 e. The van der Waals surface area contributed by atoms with Gasteiger partial charge in [0.1, 0.15) is 11.7 Å². The summed E-state index contributed by atoms with van der Waals surface area (Å²) in [6.45, 7) is 1.65. The van der Waals surface area contributed by atoms with Crippen molar-refractivity contribution in [3.05, 3.63) is 29.6 Å². The predicted molar refractivity (Wildman–Crippen MR) is 55.3 cm³/mol. The third-order valence-corrected chi connectivity index (χ3v) is 2.25. The van der Waals surface area contributed by atoms with E-state index in [1.807, 2.05) is 0 Å². The molecule has 0 atom stereocenters. The van der Waals surface area contributed by atoms with E-state index < -0.39 is 0 Å². The molecule has 2 nitrogen and oxygen atoms in total. The van der Waals surface area contributed by atoms with E-state index in [9.17, 15) is 9.18 Å². The van der Waals surface area contributed by atoms with E-state index in [-0.39, 0.29) is 17.6 Å². The minimum atomic E-state index is -0.277. The van der Waals surface area contributed by atoms with Gasteiger partial charge >= 0.3 is 0 Å². The van der Waals surface area contributed by atoms with Crippen LogP contribution in [-0.4, -0.2) is 18.8 Å². The second-order valence-corrected chi connectivity index (χ2v) is 3.29. The van der Waals surface area contributed by atoms with Crippen LogP contribution < -0.4 is 4.90 Å². The molecule has 14 heavy (non-hydrogen) atoms. The molecule has 0 aliphatic heterocycles. The maximum atomic E-state index is 12.9. The number of carbonyl (C=O) groups excluding carboxylic acids is 1. The van der Waals surface area contributed by atoms with Crippen LogP contribution in [-0.2, 0) is 4.79 Å². The molecule has 1 aromatic carbocycles. The van der Waals surface area contributed by atoms with Gasteiger partial charge in [-0.1, -0.05) is 0 Å². The van der Waals surface area contributed by atoms with E-state index in [1.165, 1.54) is 11.0 Å². The van der Waals surface area contributed by atoms with E-state index in [0.29, 0.717) is 11.3 Å². The fourth-order valence-electron chi connectivity index (χ4n) is 1.07. The number of hydrogen-bond donors (Lipinski definition) is 0. The van der Waals surface area contributed by atoms with Crippen molar-refractivity contribution in [2.24, 2.45) is 0 Å². The Morgan fingerprint density at radius 3 is 2.71 bits per heavy atom. The van der Waals surface area contributed by atoms with Gasteiger partial charge in [-0.15, -0.1) is 11.6 Å². The lowest BCUT2D eigenvalue weighted by atomic mass is 10.2. The largest absolute Gasteiger partial charge is 0.314 e. The van der Waals surface area contributed by atoms with E-state index in [2.05, 4.69) is 0 Å². The molecule has 0 saturated heterocycles. The number of halogens is 2. The van der Waals surface area contributed by atoms with Gasteiger partial charge in [-0.05, 0) is 30.7 Å². The van der Waals surface area contributed by atoms with Crippen LogP contribution in [0.4, 0.5) is 10.1 Å². The van der Waals surface area contributed by atoms with Crippen LogP contribution in [0.5, 0.6) is 0 Å². The van der Waals surface area contributed by atoms with Crippen LogP contribution in [0.3, 0.4) is 0 Å². The first-order chi connectivity index (χ1) is 6.56. The van der Waals surface area contributed by atoms with Gasteiger partial charge in [-0.3, -0.25) is 4.79 Å². The van der Waals surface area contributed by atoms with E-state index >= 15 is 0 Å². The zero-order valence-corrected chi connectivity index (χ0v) is 8.81. The molecule has 0 radical (unpaired) electrons. The molecule has 1 aromatic rings. The fraction of sp³-hybridized carbons (Fsp3) is 0.300. The van der Waals surface area contributed by atoms with Gasteiger partial charge in [0.25, 0.3) is 0 Å². The van der Waals surface area contributed by atoms with Crippen molar-refractivity contribution >= 4 is 23.2 Å². The van der Waals surface area contributed by atoms with Crippen molar-refractivity contribution in [1.82, 2.24) is 0 Å². The number of nitrogens with zero attached hydrogens (tertiary/aromatic N) is 1. The molecule has 0 N–H and O–H groups in total. The number of amides is 1. The molecule has 0 unspecified atom stereocenters. The van der Waals surface area contributed by atoms with E-state index in [0.717, 1.165) is 0 Å². The van der Waals surface area contributed by atoms with Gasteiger partial charge in [-0.2, -0.15) is 0 Å². The molecule has 0 bridgehead atoms. The van der Waals surface area contributed by atoms with E-state index in [1.54, 1.807) is 26.1 Å². The van der Waals surface area contributed by atoms with Crippen LogP contribution >= 0.6 is 11.6 Å². The van der Waals surface area contributed by atoms with Gasteiger partial charge in [0.05, 0.1) is 0 Å². The Balaban J connectivity index is 2.96. The number of hydrogen-bond acceptors (Lipinski definition) is 1. The molecule has 76 valence electrons. The molecular weight excluding hydrogens is 205 g/mol. The summed E-state index contributed by atoms with van der Waals surface area (Å²) in [6, 6.07) is 4.50. The molecule has 0 heterocycles. The summed E-state index contributed by atoms with van der Waals surface area (Å²) in [4.78, 5) is 12.6. The highest BCUT2D eigenvalue weighted by Crippen LogP contribution is 2.17. The standard InChI is InChI=1S/C10H11ClFNO/c1-7-5-8(3-4-9(7)12)13(2)10(14)6-11/h3-5H,6H2,1-2H3. The lowest BCUT2D eigenvalue weighted by Gasteiger charge is -2.16. The molecule has 1 amide bonds. The maximum absolute atomic E-state index is 12.9. The monoisotopic (exact) mass is 215 g/mol. The Morgan fingerprint density at radius 1 is 1.57 bits per heavy atom. The Labute approximate surface area is 87.3 Å². The molecule has 0 saturated carbocycles. The van der Waals surface area contributed by atoms with Crippen LogP contribution in [0.1, 0.15) is 5.56 Å². The lowest BCUT2D eigenvalue weighted by molar-refractivity contribution is -0.116. The molecule has 0 aliphatic rings. The zero-order valence-electron chi connectivity index (χ0n) is 8.05. The molecule has 0 spiro atoms. The summed E-state index contributed by atoms with van der Waals surface area (Å²) in [5, 5.41) is 0. The summed E-state index contributed by atoms with van der Waals surface area (Å²) in [7, 11) is 1.61. The highest BCUT2D eigenvalue weighted by Gasteiger charge is 2.10. The Bertz CT molecular complexity index is 354. The van der Waals surface area contributed by atoms with Crippen molar-refractivity contribution in [1.29, 1.82) is 0 Å². The molecule has 4 heteroatoms. The number of aryl methyl sites for hydroxylation is 1. The van der Waals surface area contributed by atoms with Crippen molar-refractivity contribution in [2.75, 3.05) is 17.8 Å². The van der Waals surface area contributed by atoms with Crippen molar-refractivity contribution < 1.29 is 9.18 Å². The summed E-state index contributed by atoms with van der Waals surface area (Å²) in [5.74, 6) is -0.564. The van der Waals surface area contributed by atoms with Gasteiger partial charge in [0, 0.05) is 12.7 Å². The Hall–Kier alpha value is -1.09. The average Bonchev–Trinajstić information content (AvgIpc) is 2.20. The Morgan fingerprint density at radius 2 is 2.21 bits per heavy atom. The first-order valence-electron chi connectivity index (χ1n) is 4.15. The van der Waals surface area contributed by atoms with Crippen molar-refractivity contribution in [3.63, 3.8) is 0 Å². The SMILES string of the molecule is Cc1cc(N(C)C(=O)CCl)ccc1F. The third kappa shape index (κ3) is 2.23. The summed E-state index contributed by atoms with van der Waals surface area (Å²) >= 11 is 5.40. The quantitative estimate of drug-likeness (QED) is 0.694. The van der Waals surface area contributed by atoms with Gasteiger partial charge in [-0.25, -0.2) is 4.39 Å². The minimum Gasteiger partial charge on any atom is -0.314 e. The first kappa shape index (κ1) is 11.0. The molecule has 0 aliphatic carbocycles. The number of alkyl halides is 1. The third-order valence-electron chi connectivity index (χ3n) is 2.02. The van der Waals surface area contributed by atoms with Gasteiger partial charge < -0.3 is 4.90 Å². The molecule has 0 fully saturated rings. The summed E-state index contributed by atoms with van der Waals surface area (Å²) in [5.41, 5.74) is 1.16. The topological polar surface area (TPSA) is 20.3 Å². The highest BCUT2D eigenvalue weighted by molar-refractivity contribution is 6.29. The van der Waals surface area contributed by atoms with E-state index in [4.69, 9.17) is 11.6 Å². The Kier molecular flexibility index (Phi) is 3.47. The predicted octanol–water partition coefficient (Wildman–Crippen LogP) is 2.34. The van der Waals surface area contributed by atoms with Crippen molar-refractivity contribution in [2.45, 2.75) is 6.92 Å². The number of anilines is 1. The van der Waals surface area contributed by atoms with Gasteiger partial charge in [0.2, 0.25) is 5.91 Å². The fourth-order valence-corrected chi connectivity index (χ4v) is 1.25. The van der Waals surface area contributed by atoms with Crippen LogP contribution in [0.25, 0.3) is 0 Å². The number of carbonyl (C=O) groups is 1.